The molecule has 0 fully saturated rings. The summed E-state index contributed by atoms with van der Waals surface area (Å²) in [6.45, 7) is -0.313. The van der Waals surface area contributed by atoms with Crippen LogP contribution in [-0.2, 0) is 25.6 Å². The summed E-state index contributed by atoms with van der Waals surface area (Å²) in [7, 11) is 0. The van der Waals surface area contributed by atoms with Gasteiger partial charge in [0.15, 0.2) is 24.0 Å². The van der Waals surface area contributed by atoms with E-state index in [1.165, 1.54) is 32.0 Å². The average Bonchev–Trinajstić information content (AvgIpc) is 2.89. The number of nitrogens with one attached hydrogen (secondary N) is 2. The van der Waals surface area contributed by atoms with Crippen LogP contribution in [0.2, 0.25) is 10.0 Å². The molecular weight excluding hydrogens is 636 g/mol. The van der Waals surface area contributed by atoms with E-state index in [0.29, 0.717) is 0 Å². The van der Waals surface area contributed by atoms with E-state index in [0.717, 1.165) is 23.5 Å². The number of amides is 2. The topological polar surface area (TPSA) is 102 Å². The minimum atomic E-state index is -5.03. The standard InChI is InChI=1S/C27H25Cl2F7N2O5/c1-13(2)18(24(41)27(35,36)25(42)37-12-26(32,33)34)10-22(39)21(6-14-3-4-19(30)20(31)5-14)38-23(40)11-43-17-8-15(28)7-16(29)9-17/h3-5,7-9,13,18,21H,6,10-12H2,1-2H3,(H,37,42)(H,38,40)/t18-,21-/m0/s1. The first-order valence-corrected chi connectivity index (χ1v) is 13.2. The molecular formula is C27H25Cl2F7N2O5. The van der Waals surface area contributed by atoms with E-state index in [-0.39, 0.29) is 21.4 Å². The van der Waals surface area contributed by atoms with Gasteiger partial charge < -0.3 is 15.4 Å². The molecule has 0 aliphatic rings. The quantitative estimate of drug-likeness (QED) is 0.206. The maximum Gasteiger partial charge on any atom is 0.405 e. The Morgan fingerprint density at radius 3 is 2.05 bits per heavy atom. The zero-order chi connectivity index (χ0) is 32.7. The molecule has 236 valence electrons. The fourth-order valence-electron chi connectivity index (χ4n) is 3.77. The van der Waals surface area contributed by atoms with Crippen LogP contribution >= 0.6 is 23.2 Å². The number of ketones is 2. The second-order valence-electron chi connectivity index (χ2n) is 9.72. The van der Waals surface area contributed by atoms with Crippen molar-refractivity contribution in [2.24, 2.45) is 11.8 Å². The van der Waals surface area contributed by atoms with Gasteiger partial charge in [-0.3, -0.25) is 19.2 Å². The summed E-state index contributed by atoms with van der Waals surface area (Å²) in [5.74, 6) is -16.8. The van der Waals surface area contributed by atoms with E-state index in [2.05, 4.69) is 5.32 Å². The van der Waals surface area contributed by atoms with Crippen LogP contribution in [-0.4, -0.2) is 54.7 Å². The molecule has 2 N–H and O–H groups in total. The van der Waals surface area contributed by atoms with Gasteiger partial charge in [-0.25, -0.2) is 8.78 Å². The SMILES string of the molecule is CC(C)[C@H](CC(=O)[C@H](Cc1ccc(F)c(F)c1)NC(=O)COc1cc(Cl)cc(Cl)c1)C(=O)C(F)(F)C(=O)NCC(F)(F)F. The lowest BCUT2D eigenvalue weighted by molar-refractivity contribution is -0.167. The molecule has 0 heterocycles. The molecule has 2 amide bonds. The van der Waals surface area contributed by atoms with Crippen LogP contribution in [0.1, 0.15) is 25.8 Å². The molecule has 43 heavy (non-hydrogen) atoms. The fraction of sp³-hybridized carbons (Fsp3) is 0.407. The Bertz CT molecular complexity index is 1340. The van der Waals surface area contributed by atoms with Crippen molar-refractivity contribution in [1.82, 2.24) is 10.6 Å². The molecule has 0 aliphatic heterocycles. The fourth-order valence-corrected chi connectivity index (χ4v) is 4.28. The summed E-state index contributed by atoms with van der Waals surface area (Å²) in [6.07, 6.45) is -6.50. The molecule has 0 aromatic heterocycles. The largest absolute Gasteiger partial charge is 0.484 e. The molecule has 0 saturated heterocycles. The second kappa shape index (κ2) is 14.9. The first kappa shape index (κ1) is 35.8. The number of halogens is 9. The highest BCUT2D eigenvalue weighted by atomic mass is 35.5. The number of carbonyl (C=O) groups is 4. The van der Waals surface area contributed by atoms with E-state index in [1.54, 1.807) is 0 Å². The van der Waals surface area contributed by atoms with Gasteiger partial charge in [0.2, 0.25) is 5.78 Å². The number of rotatable bonds is 14. The van der Waals surface area contributed by atoms with Crippen LogP contribution in [0.4, 0.5) is 30.7 Å². The molecule has 2 aromatic carbocycles. The number of ether oxygens (including phenoxy) is 1. The van der Waals surface area contributed by atoms with Crippen molar-refractivity contribution in [3.8, 4) is 5.75 Å². The molecule has 16 heteroatoms. The minimum Gasteiger partial charge on any atom is -0.484 e. The van der Waals surface area contributed by atoms with Crippen LogP contribution < -0.4 is 15.4 Å². The molecule has 2 rings (SSSR count). The lowest BCUT2D eigenvalue weighted by Gasteiger charge is -2.26. The Labute approximate surface area is 251 Å². The van der Waals surface area contributed by atoms with E-state index >= 15 is 0 Å². The third kappa shape index (κ3) is 11.0. The number of hydrogen-bond donors (Lipinski definition) is 2. The van der Waals surface area contributed by atoms with Crippen LogP contribution in [0.25, 0.3) is 0 Å². The lowest BCUT2D eigenvalue weighted by atomic mass is 9.82. The second-order valence-corrected chi connectivity index (χ2v) is 10.6. The zero-order valence-electron chi connectivity index (χ0n) is 22.5. The van der Waals surface area contributed by atoms with Crippen molar-refractivity contribution < 1.29 is 54.6 Å². The predicted molar refractivity (Wildman–Crippen MR) is 141 cm³/mol. The zero-order valence-corrected chi connectivity index (χ0v) is 24.0. The number of benzene rings is 2. The molecule has 0 saturated carbocycles. The van der Waals surface area contributed by atoms with Gasteiger partial charge in [0, 0.05) is 22.4 Å². The summed E-state index contributed by atoms with van der Waals surface area (Å²) in [4.78, 5) is 50.3. The van der Waals surface area contributed by atoms with Crippen LogP contribution in [0.15, 0.2) is 36.4 Å². The summed E-state index contributed by atoms with van der Waals surface area (Å²) in [5.41, 5.74) is 0.00405. The van der Waals surface area contributed by atoms with E-state index in [4.69, 9.17) is 27.9 Å². The van der Waals surface area contributed by atoms with Crippen LogP contribution in [0, 0.1) is 23.5 Å². The molecule has 2 atom stereocenters. The molecule has 0 bridgehead atoms. The maximum atomic E-state index is 14.6. The van der Waals surface area contributed by atoms with Gasteiger partial charge in [0.1, 0.15) is 12.3 Å². The Hall–Kier alpha value is -3.39. The summed E-state index contributed by atoms with van der Waals surface area (Å²) in [5, 5.41) is 3.59. The Kier molecular flexibility index (Phi) is 12.4. The van der Waals surface area contributed by atoms with Crippen LogP contribution in [0.5, 0.6) is 5.75 Å². The first-order chi connectivity index (χ1) is 19.8. The number of carbonyl (C=O) groups excluding carboxylic acids is 4. The molecule has 0 radical (unpaired) electrons. The lowest BCUT2D eigenvalue weighted by Crippen LogP contribution is -2.52. The van der Waals surface area contributed by atoms with Crippen molar-refractivity contribution in [2.45, 2.75) is 44.8 Å². The Morgan fingerprint density at radius 2 is 1.51 bits per heavy atom. The predicted octanol–water partition coefficient (Wildman–Crippen LogP) is 5.49. The highest BCUT2D eigenvalue weighted by Gasteiger charge is 2.51. The van der Waals surface area contributed by atoms with Gasteiger partial charge in [-0.2, -0.15) is 22.0 Å². The Balaban J connectivity index is 2.27. The molecule has 0 unspecified atom stereocenters. The van der Waals surface area contributed by atoms with Crippen molar-refractivity contribution in [1.29, 1.82) is 0 Å². The summed E-state index contributed by atoms with van der Waals surface area (Å²) < 4.78 is 98.8. The number of hydrogen-bond acceptors (Lipinski definition) is 5. The third-order valence-corrected chi connectivity index (χ3v) is 6.40. The van der Waals surface area contributed by atoms with Gasteiger partial charge in [-0.05, 0) is 48.2 Å². The van der Waals surface area contributed by atoms with Crippen molar-refractivity contribution >= 4 is 46.6 Å². The van der Waals surface area contributed by atoms with Gasteiger partial charge in [-0.1, -0.05) is 43.1 Å². The van der Waals surface area contributed by atoms with Gasteiger partial charge >= 0.3 is 12.1 Å². The van der Waals surface area contributed by atoms with Gasteiger partial charge in [0.05, 0.1) is 6.04 Å². The monoisotopic (exact) mass is 660 g/mol. The first-order valence-electron chi connectivity index (χ1n) is 12.4. The summed E-state index contributed by atoms with van der Waals surface area (Å²) in [6, 6.07) is 5.04. The van der Waals surface area contributed by atoms with E-state index in [9.17, 15) is 49.9 Å². The third-order valence-electron chi connectivity index (χ3n) is 5.96. The smallest absolute Gasteiger partial charge is 0.405 e. The highest BCUT2D eigenvalue weighted by Crippen LogP contribution is 2.29. The summed E-state index contributed by atoms with van der Waals surface area (Å²) >= 11 is 11.7. The van der Waals surface area contributed by atoms with E-state index in [1.807, 2.05) is 0 Å². The minimum absolute atomic E-state index is 0.00405. The maximum absolute atomic E-state index is 14.6. The van der Waals surface area contributed by atoms with Crippen molar-refractivity contribution in [2.75, 3.05) is 13.2 Å². The molecule has 0 aliphatic carbocycles. The molecule has 7 nitrogen and oxygen atoms in total. The number of alkyl halides is 5. The normalized spacial score (nSPS) is 13.3. The van der Waals surface area contributed by atoms with E-state index < -0.39 is 91.0 Å². The van der Waals surface area contributed by atoms with Crippen LogP contribution in [0.3, 0.4) is 0 Å². The Morgan fingerprint density at radius 1 is 0.907 bits per heavy atom. The highest BCUT2D eigenvalue weighted by molar-refractivity contribution is 6.34. The molecule has 2 aromatic rings. The van der Waals surface area contributed by atoms with Gasteiger partial charge in [-0.15, -0.1) is 0 Å². The number of Topliss-reactive ketones (excluding diaryl/α,β-unsaturated/α-hetero) is 2. The van der Waals surface area contributed by atoms with Gasteiger partial charge in [0.25, 0.3) is 11.8 Å². The van der Waals surface area contributed by atoms with Crippen molar-refractivity contribution in [3.05, 3.63) is 63.6 Å². The van der Waals surface area contributed by atoms with Crippen molar-refractivity contribution in [3.63, 3.8) is 0 Å². The average molecular weight is 661 g/mol. The molecule has 0 spiro atoms.